The second-order valence-electron chi connectivity index (χ2n) is 4.42. The van der Waals surface area contributed by atoms with Crippen molar-refractivity contribution in [1.82, 2.24) is 10.3 Å². The third-order valence-electron chi connectivity index (χ3n) is 3.07. The molecule has 5 nitrogen and oxygen atoms in total. The van der Waals surface area contributed by atoms with Crippen LogP contribution in [0.5, 0.6) is 0 Å². The zero-order valence-electron chi connectivity index (χ0n) is 11.2. The topological polar surface area (TPSA) is 77.2 Å². The molecule has 7 heteroatoms. The van der Waals surface area contributed by atoms with Gasteiger partial charge in [0, 0.05) is 31.4 Å². The van der Waals surface area contributed by atoms with E-state index in [1.165, 1.54) is 0 Å². The summed E-state index contributed by atoms with van der Waals surface area (Å²) in [5.74, 6) is -0.0399. The summed E-state index contributed by atoms with van der Waals surface area (Å²) in [6.07, 6.45) is 3.83. The highest BCUT2D eigenvalue weighted by molar-refractivity contribution is 5.85. The van der Waals surface area contributed by atoms with E-state index in [1.54, 1.807) is 6.20 Å². The summed E-state index contributed by atoms with van der Waals surface area (Å²) in [7, 11) is 0. The molecule has 2 rings (SSSR count). The Kier molecular flexibility index (Phi) is 9.50. The lowest BCUT2D eigenvalue weighted by Crippen LogP contribution is -2.36. The first kappa shape index (κ1) is 19.1. The maximum Gasteiger partial charge on any atom is 0.249 e. The molecule has 0 aromatic carbocycles. The first-order chi connectivity index (χ1) is 8.79. The number of halogens is 2. The molecular formula is C13H21Cl2N3O2. The molecule has 1 amide bonds. The van der Waals surface area contributed by atoms with E-state index in [4.69, 9.17) is 10.5 Å². The third kappa shape index (κ3) is 5.63. The van der Waals surface area contributed by atoms with Gasteiger partial charge in [-0.15, -0.1) is 24.8 Å². The number of nitrogens with two attached hydrogens (primary N) is 1. The van der Waals surface area contributed by atoms with Gasteiger partial charge < -0.3 is 15.8 Å². The van der Waals surface area contributed by atoms with Gasteiger partial charge in [-0.1, -0.05) is 6.07 Å². The smallest absolute Gasteiger partial charge is 0.249 e. The molecule has 2 heterocycles. The normalized spacial score (nSPS) is 20.6. The molecule has 1 aliphatic rings. The van der Waals surface area contributed by atoms with Crippen molar-refractivity contribution >= 4 is 30.7 Å². The van der Waals surface area contributed by atoms with Gasteiger partial charge in [0.25, 0.3) is 0 Å². The van der Waals surface area contributed by atoms with E-state index in [-0.39, 0.29) is 42.9 Å². The molecular weight excluding hydrogens is 301 g/mol. The summed E-state index contributed by atoms with van der Waals surface area (Å²) in [5, 5.41) is 2.87. The summed E-state index contributed by atoms with van der Waals surface area (Å²) >= 11 is 0. The van der Waals surface area contributed by atoms with Crippen LogP contribution in [0.4, 0.5) is 0 Å². The van der Waals surface area contributed by atoms with Crippen LogP contribution in [0.2, 0.25) is 0 Å². The third-order valence-corrected chi connectivity index (χ3v) is 3.07. The van der Waals surface area contributed by atoms with E-state index in [2.05, 4.69) is 10.3 Å². The fraction of sp³-hybridized carbons (Fsp3) is 0.538. The molecule has 3 N–H and O–H groups in total. The number of rotatable bonds is 5. The van der Waals surface area contributed by atoms with Crippen LogP contribution in [0.3, 0.4) is 0 Å². The zero-order valence-corrected chi connectivity index (χ0v) is 12.8. The predicted octanol–water partition coefficient (Wildman–Crippen LogP) is 1.09. The lowest BCUT2D eigenvalue weighted by atomic mass is 10.2. The van der Waals surface area contributed by atoms with E-state index in [0.29, 0.717) is 13.1 Å². The molecule has 1 aromatic rings. The minimum absolute atomic E-state index is 0. The van der Waals surface area contributed by atoms with Crippen LogP contribution in [0.25, 0.3) is 0 Å². The molecule has 0 unspecified atom stereocenters. The molecule has 1 aromatic heterocycles. The van der Waals surface area contributed by atoms with E-state index in [0.717, 1.165) is 25.0 Å². The Morgan fingerprint density at radius 1 is 1.40 bits per heavy atom. The number of ether oxygens (including phenoxy) is 1. The fourth-order valence-electron chi connectivity index (χ4n) is 2.05. The largest absolute Gasteiger partial charge is 0.364 e. The van der Waals surface area contributed by atoms with Crippen molar-refractivity contribution in [3.8, 4) is 0 Å². The Bertz CT molecular complexity index is 392. The number of hydrogen-bond donors (Lipinski definition) is 2. The number of pyridine rings is 1. The highest BCUT2D eigenvalue weighted by Gasteiger charge is 2.29. The monoisotopic (exact) mass is 321 g/mol. The van der Waals surface area contributed by atoms with Gasteiger partial charge in [-0.2, -0.15) is 0 Å². The van der Waals surface area contributed by atoms with Crippen LogP contribution in [0.1, 0.15) is 18.5 Å². The molecule has 0 spiro atoms. The van der Waals surface area contributed by atoms with Crippen molar-refractivity contribution in [3.05, 3.63) is 30.1 Å². The van der Waals surface area contributed by atoms with E-state index in [9.17, 15) is 4.79 Å². The zero-order chi connectivity index (χ0) is 12.8. The average Bonchev–Trinajstić information content (AvgIpc) is 2.89. The molecule has 2 atom stereocenters. The maximum atomic E-state index is 11.8. The maximum absolute atomic E-state index is 11.8. The number of hydrogen-bond acceptors (Lipinski definition) is 4. The lowest BCUT2D eigenvalue weighted by molar-refractivity contribution is -0.131. The summed E-state index contributed by atoms with van der Waals surface area (Å²) < 4.78 is 5.52. The molecule has 114 valence electrons. The number of aromatic nitrogens is 1. The highest BCUT2D eigenvalue weighted by atomic mass is 35.5. The van der Waals surface area contributed by atoms with Crippen LogP contribution in [-0.2, 0) is 16.0 Å². The van der Waals surface area contributed by atoms with Crippen molar-refractivity contribution in [1.29, 1.82) is 0 Å². The van der Waals surface area contributed by atoms with Crippen LogP contribution >= 0.6 is 24.8 Å². The second kappa shape index (κ2) is 9.94. The van der Waals surface area contributed by atoms with Crippen molar-refractivity contribution in [2.45, 2.75) is 31.5 Å². The van der Waals surface area contributed by atoms with Crippen LogP contribution < -0.4 is 11.1 Å². The first-order valence-electron chi connectivity index (χ1n) is 6.32. The van der Waals surface area contributed by atoms with Gasteiger partial charge in [0.05, 0.1) is 6.10 Å². The van der Waals surface area contributed by atoms with Crippen molar-refractivity contribution in [3.63, 3.8) is 0 Å². The Balaban J connectivity index is 0.00000180. The summed E-state index contributed by atoms with van der Waals surface area (Å²) in [5.41, 5.74) is 6.48. The molecule has 20 heavy (non-hydrogen) atoms. The van der Waals surface area contributed by atoms with E-state index < -0.39 is 0 Å². The van der Waals surface area contributed by atoms with Crippen LogP contribution in [-0.4, -0.2) is 36.2 Å². The molecule has 0 aliphatic carbocycles. The Hall–Kier alpha value is -0.880. The van der Waals surface area contributed by atoms with Crippen molar-refractivity contribution in [2.75, 3.05) is 13.1 Å². The van der Waals surface area contributed by atoms with Gasteiger partial charge in [0.1, 0.15) is 6.10 Å². The predicted molar refractivity (Wildman–Crippen MR) is 82.4 cm³/mol. The molecule has 0 radical (unpaired) electrons. The lowest BCUT2D eigenvalue weighted by Gasteiger charge is -2.12. The van der Waals surface area contributed by atoms with Gasteiger partial charge in [0.15, 0.2) is 0 Å². The van der Waals surface area contributed by atoms with E-state index in [1.807, 2.05) is 18.2 Å². The number of carbonyl (C=O) groups excluding carboxylic acids is 1. The summed E-state index contributed by atoms with van der Waals surface area (Å²) in [6, 6.07) is 5.76. The van der Waals surface area contributed by atoms with Crippen molar-refractivity contribution < 1.29 is 9.53 Å². The quantitative estimate of drug-likeness (QED) is 0.851. The SMILES string of the molecule is Cl.Cl.NC[C@H]1CC[C@@H](C(=O)NCCc2ccccn2)O1. The van der Waals surface area contributed by atoms with Gasteiger partial charge in [-0.25, -0.2) is 0 Å². The van der Waals surface area contributed by atoms with E-state index >= 15 is 0 Å². The number of nitrogens with one attached hydrogen (secondary N) is 1. The molecule has 1 saturated heterocycles. The summed E-state index contributed by atoms with van der Waals surface area (Å²) in [4.78, 5) is 16.0. The molecule has 0 saturated carbocycles. The Morgan fingerprint density at radius 3 is 2.80 bits per heavy atom. The standard InChI is InChI=1S/C13H19N3O2.2ClH/c14-9-11-4-5-12(18-11)13(17)16-8-6-10-3-1-2-7-15-10;;/h1-3,7,11-12H,4-6,8-9,14H2,(H,16,17);2*1H/t11-,12+;;/m1../s1. The first-order valence-corrected chi connectivity index (χ1v) is 6.32. The second-order valence-corrected chi connectivity index (χ2v) is 4.42. The highest BCUT2D eigenvalue weighted by Crippen LogP contribution is 2.18. The minimum atomic E-state index is -0.331. The number of nitrogens with zero attached hydrogens (tertiary/aromatic N) is 1. The van der Waals surface area contributed by atoms with Crippen LogP contribution in [0.15, 0.2) is 24.4 Å². The average molecular weight is 322 g/mol. The number of carbonyl (C=O) groups is 1. The molecule has 1 fully saturated rings. The van der Waals surface area contributed by atoms with Gasteiger partial charge >= 0.3 is 0 Å². The van der Waals surface area contributed by atoms with Gasteiger partial charge in [-0.3, -0.25) is 9.78 Å². The van der Waals surface area contributed by atoms with Gasteiger partial charge in [-0.05, 0) is 25.0 Å². The van der Waals surface area contributed by atoms with Gasteiger partial charge in [0.2, 0.25) is 5.91 Å². The number of amides is 1. The molecule has 1 aliphatic heterocycles. The minimum Gasteiger partial charge on any atom is -0.364 e. The van der Waals surface area contributed by atoms with Crippen molar-refractivity contribution in [2.24, 2.45) is 5.73 Å². The summed E-state index contributed by atoms with van der Waals surface area (Å²) in [6.45, 7) is 1.07. The fourth-order valence-corrected chi connectivity index (χ4v) is 2.05. The molecule has 0 bridgehead atoms. The Labute approximate surface area is 131 Å². The van der Waals surface area contributed by atoms with Crippen LogP contribution in [0, 0.1) is 0 Å². The Morgan fingerprint density at radius 2 is 2.20 bits per heavy atom.